The van der Waals surface area contributed by atoms with Crippen LogP contribution in [0.4, 0.5) is 0 Å². The topological polar surface area (TPSA) is 45.5 Å². The van der Waals surface area contributed by atoms with E-state index in [1.54, 1.807) is 0 Å². The summed E-state index contributed by atoms with van der Waals surface area (Å²) < 4.78 is 14.7. The Bertz CT molecular complexity index is 358. The second-order valence-corrected chi connectivity index (χ2v) is 7.66. The molecule has 5 heteroatoms. The molecule has 0 saturated carbocycles. The first-order valence-electron chi connectivity index (χ1n) is 8.46. The lowest BCUT2D eigenvalue weighted by atomic mass is 10.0. The second-order valence-electron chi connectivity index (χ2n) is 6.25. The summed E-state index contributed by atoms with van der Waals surface area (Å²) in [4.78, 5) is 0. The van der Waals surface area contributed by atoms with E-state index in [2.05, 4.69) is 50.6 Å². The molecular formula is C17H31N2O2P. The summed E-state index contributed by atoms with van der Waals surface area (Å²) in [7, 11) is -1.10. The van der Waals surface area contributed by atoms with Crippen molar-refractivity contribution < 1.29 is 9.05 Å². The molecule has 0 aromatic carbocycles. The molecule has 1 aliphatic carbocycles. The zero-order chi connectivity index (χ0) is 16.4. The summed E-state index contributed by atoms with van der Waals surface area (Å²) in [5, 5.41) is 8.74. The molecule has 2 unspecified atom stereocenters. The number of rotatable bonds is 8. The van der Waals surface area contributed by atoms with Crippen molar-refractivity contribution in [2.45, 2.75) is 84.4 Å². The molecule has 0 aromatic heterocycles. The first kappa shape index (κ1) is 19.6. The van der Waals surface area contributed by atoms with Crippen LogP contribution in [0.25, 0.3) is 0 Å². The molecule has 4 nitrogen and oxygen atoms in total. The lowest BCUT2D eigenvalue weighted by Gasteiger charge is -2.37. The molecule has 22 heavy (non-hydrogen) atoms. The molecule has 1 rings (SSSR count). The van der Waals surface area contributed by atoms with Crippen LogP contribution >= 0.6 is 8.53 Å². The zero-order valence-electron chi connectivity index (χ0n) is 14.5. The van der Waals surface area contributed by atoms with Crippen LogP contribution in [0.3, 0.4) is 0 Å². The largest absolute Gasteiger partial charge is 0.321 e. The number of allylic oxidation sites excluding steroid dienone is 2. The van der Waals surface area contributed by atoms with Gasteiger partial charge in [0.2, 0.25) is 0 Å². The molecule has 1 aliphatic rings. The quantitative estimate of drug-likeness (QED) is 0.351. The summed E-state index contributed by atoms with van der Waals surface area (Å²) in [5.74, 6) is 0. The highest BCUT2D eigenvalue weighted by atomic mass is 31.2. The van der Waals surface area contributed by atoms with Gasteiger partial charge in [-0.2, -0.15) is 5.26 Å². The lowest BCUT2D eigenvalue weighted by Crippen LogP contribution is -2.34. The maximum atomic E-state index is 8.74. The van der Waals surface area contributed by atoms with Crippen LogP contribution in [0.15, 0.2) is 12.2 Å². The van der Waals surface area contributed by atoms with Crippen LogP contribution in [-0.2, 0) is 9.05 Å². The molecule has 0 radical (unpaired) electrons. The summed E-state index contributed by atoms with van der Waals surface area (Å²) in [6.45, 7) is 9.14. The third-order valence-electron chi connectivity index (χ3n) is 3.62. The maximum Gasteiger partial charge on any atom is 0.259 e. The smallest absolute Gasteiger partial charge is 0.259 e. The highest BCUT2D eigenvalue weighted by Crippen LogP contribution is 2.48. The van der Waals surface area contributed by atoms with Gasteiger partial charge in [-0.15, -0.1) is 0 Å². The predicted molar refractivity (Wildman–Crippen MR) is 92.3 cm³/mol. The van der Waals surface area contributed by atoms with E-state index < -0.39 is 8.53 Å². The molecule has 0 aromatic rings. The molecule has 0 heterocycles. The van der Waals surface area contributed by atoms with Crippen LogP contribution in [0, 0.1) is 11.3 Å². The Kier molecular flexibility index (Phi) is 9.91. The third-order valence-corrected chi connectivity index (χ3v) is 5.80. The van der Waals surface area contributed by atoms with Crippen molar-refractivity contribution in [3.63, 3.8) is 0 Å². The number of nitrogens with zero attached hydrogens (tertiary/aromatic N) is 2. The predicted octanol–water partition coefficient (Wildman–Crippen LogP) is 5.17. The van der Waals surface area contributed by atoms with Gasteiger partial charge in [0.15, 0.2) is 0 Å². The highest BCUT2D eigenvalue weighted by molar-refractivity contribution is 7.44. The van der Waals surface area contributed by atoms with E-state index in [0.717, 1.165) is 25.7 Å². The Hall–Kier alpha value is -0.460. The van der Waals surface area contributed by atoms with E-state index in [4.69, 9.17) is 14.3 Å². The van der Waals surface area contributed by atoms with E-state index in [0.29, 0.717) is 25.1 Å². The molecule has 0 aliphatic heterocycles. The van der Waals surface area contributed by atoms with E-state index in [1.165, 1.54) is 6.42 Å². The fraction of sp³-hybridized carbons (Fsp3) is 0.824. The van der Waals surface area contributed by atoms with Gasteiger partial charge in [-0.3, -0.25) is 0 Å². The molecule has 0 bridgehead atoms. The SMILES string of the molecule is CC(C)N(C(C)C)P(OCCC#N)OC1CC/C=C/CCC1. The van der Waals surface area contributed by atoms with Crippen molar-refractivity contribution in [3.05, 3.63) is 12.2 Å². The molecule has 0 saturated heterocycles. The summed E-state index contributed by atoms with van der Waals surface area (Å²) >= 11 is 0. The summed E-state index contributed by atoms with van der Waals surface area (Å²) in [6.07, 6.45) is 10.8. The van der Waals surface area contributed by atoms with Gasteiger partial charge >= 0.3 is 0 Å². The van der Waals surface area contributed by atoms with Gasteiger partial charge in [0.05, 0.1) is 25.2 Å². The molecule has 0 N–H and O–H groups in total. The van der Waals surface area contributed by atoms with E-state index in [1.807, 2.05) is 0 Å². The molecular weight excluding hydrogens is 295 g/mol. The highest BCUT2D eigenvalue weighted by Gasteiger charge is 2.29. The zero-order valence-corrected chi connectivity index (χ0v) is 15.4. The Morgan fingerprint density at radius 1 is 1.18 bits per heavy atom. The summed E-state index contributed by atoms with van der Waals surface area (Å²) in [6, 6.07) is 2.87. The fourth-order valence-electron chi connectivity index (χ4n) is 2.65. The van der Waals surface area contributed by atoms with Crippen molar-refractivity contribution in [3.8, 4) is 6.07 Å². The Morgan fingerprint density at radius 3 is 2.50 bits per heavy atom. The third kappa shape index (κ3) is 7.20. The number of nitriles is 1. The first-order valence-corrected chi connectivity index (χ1v) is 9.59. The minimum absolute atomic E-state index is 0.262. The molecule has 0 spiro atoms. The van der Waals surface area contributed by atoms with Crippen molar-refractivity contribution in [1.82, 2.24) is 4.67 Å². The minimum atomic E-state index is -1.10. The van der Waals surface area contributed by atoms with E-state index in [9.17, 15) is 0 Å². The maximum absolute atomic E-state index is 8.74. The standard InChI is InChI=1S/C17H31N2O2P/c1-15(2)19(16(3)4)22(20-14-10-13-18)21-17-11-8-6-5-7-9-12-17/h5-6,15-17H,7-12,14H2,1-4H3/b6-5+. The second kappa shape index (κ2) is 11.1. The van der Waals surface area contributed by atoms with Crippen LogP contribution < -0.4 is 0 Å². The Balaban J connectivity index is 2.70. The fourth-order valence-corrected chi connectivity index (χ4v) is 4.42. The molecule has 0 fully saturated rings. The first-order chi connectivity index (χ1) is 10.6. The number of hydrogen-bond acceptors (Lipinski definition) is 4. The van der Waals surface area contributed by atoms with Crippen molar-refractivity contribution >= 4 is 8.53 Å². The van der Waals surface area contributed by atoms with Gasteiger partial charge in [-0.05, 0) is 59.8 Å². The van der Waals surface area contributed by atoms with Gasteiger partial charge in [-0.25, -0.2) is 4.67 Å². The lowest BCUT2D eigenvalue weighted by molar-refractivity contribution is 0.120. The van der Waals surface area contributed by atoms with Crippen LogP contribution in [0.2, 0.25) is 0 Å². The molecule has 2 atom stereocenters. The van der Waals surface area contributed by atoms with Gasteiger partial charge in [0, 0.05) is 12.1 Å². The van der Waals surface area contributed by atoms with Crippen LogP contribution in [-0.4, -0.2) is 29.5 Å². The summed E-state index contributed by atoms with van der Waals surface area (Å²) in [5.41, 5.74) is 0. The van der Waals surface area contributed by atoms with Crippen molar-refractivity contribution in [2.75, 3.05) is 6.61 Å². The number of hydrogen-bond donors (Lipinski definition) is 0. The van der Waals surface area contributed by atoms with Crippen LogP contribution in [0.1, 0.15) is 66.2 Å². The van der Waals surface area contributed by atoms with Gasteiger partial charge in [0.25, 0.3) is 8.53 Å². The Morgan fingerprint density at radius 2 is 1.86 bits per heavy atom. The Labute approximate surface area is 137 Å². The van der Waals surface area contributed by atoms with E-state index >= 15 is 0 Å². The average molecular weight is 326 g/mol. The van der Waals surface area contributed by atoms with Gasteiger partial charge < -0.3 is 9.05 Å². The van der Waals surface area contributed by atoms with Crippen LogP contribution in [0.5, 0.6) is 0 Å². The van der Waals surface area contributed by atoms with Crippen molar-refractivity contribution in [2.24, 2.45) is 0 Å². The van der Waals surface area contributed by atoms with Gasteiger partial charge in [0.1, 0.15) is 0 Å². The van der Waals surface area contributed by atoms with Crippen molar-refractivity contribution in [1.29, 1.82) is 5.26 Å². The normalized spacial score (nSPS) is 22.4. The monoisotopic (exact) mass is 326 g/mol. The molecule has 0 amide bonds. The average Bonchev–Trinajstić information content (AvgIpc) is 2.40. The van der Waals surface area contributed by atoms with Gasteiger partial charge in [-0.1, -0.05) is 12.2 Å². The van der Waals surface area contributed by atoms with E-state index in [-0.39, 0.29) is 6.10 Å². The molecule has 126 valence electrons. The minimum Gasteiger partial charge on any atom is -0.321 e.